The summed E-state index contributed by atoms with van der Waals surface area (Å²) in [6.07, 6.45) is 7.29. The van der Waals surface area contributed by atoms with Gasteiger partial charge in [-0.05, 0) is 62.2 Å². The van der Waals surface area contributed by atoms with Crippen molar-refractivity contribution < 1.29 is 4.79 Å². The lowest BCUT2D eigenvalue weighted by molar-refractivity contribution is -0.170. The third kappa shape index (κ3) is 2.10. The van der Waals surface area contributed by atoms with Crippen LogP contribution in [0.25, 0.3) is 0 Å². The zero-order valence-corrected chi connectivity index (χ0v) is 12.6. The van der Waals surface area contributed by atoms with Crippen molar-refractivity contribution in [1.29, 1.82) is 0 Å². The minimum absolute atomic E-state index is 0.0909. The number of amides is 1. The highest BCUT2D eigenvalue weighted by molar-refractivity contribution is 5.83. The van der Waals surface area contributed by atoms with E-state index >= 15 is 0 Å². The molecule has 0 aromatic rings. The summed E-state index contributed by atoms with van der Waals surface area (Å²) in [6.45, 7) is 7.34. The molecular weight excluding hydrogens is 236 g/mol. The summed E-state index contributed by atoms with van der Waals surface area (Å²) in [5, 5.41) is 3.16. The van der Waals surface area contributed by atoms with Gasteiger partial charge >= 0.3 is 0 Å². The highest BCUT2D eigenvalue weighted by Gasteiger charge is 2.62. The fourth-order valence-corrected chi connectivity index (χ4v) is 6.14. The number of rotatable bonds is 3. The van der Waals surface area contributed by atoms with Crippen molar-refractivity contribution in [1.82, 2.24) is 5.32 Å². The molecule has 1 amide bonds. The van der Waals surface area contributed by atoms with Crippen LogP contribution in [0.2, 0.25) is 0 Å². The second kappa shape index (κ2) is 3.97. The summed E-state index contributed by atoms with van der Waals surface area (Å²) in [6, 6.07) is 0.0983. The average Bonchev–Trinajstić information content (AvgIpc) is 2.23. The molecule has 4 rings (SSSR count). The smallest absolute Gasteiger partial charge is 0.226 e. The Balaban J connectivity index is 1.86. The average molecular weight is 264 g/mol. The summed E-state index contributed by atoms with van der Waals surface area (Å²) < 4.78 is 0. The third-order valence-electron chi connectivity index (χ3n) is 5.84. The molecule has 19 heavy (non-hydrogen) atoms. The lowest BCUT2D eigenvalue weighted by Crippen LogP contribution is -2.60. The molecule has 0 saturated heterocycles. The standard InChI is InChI=1S/C16H28N2O/c1-11(7-17)18-13(19)16-6-12-4-14(2,9-16)8-15(3,5-12)10-16/h11-12H,4-10,17H2,1-3H3,(H,18,19). The topological polar surface area (TPSA) is 55.1 Å². The molecule has 0 aromatic heterocycles. The Morgan fingerprint density at radius 2 is 1.79 bits per heavy atom. The van der Waals surface area contributed by atoms with Gasteiger partial charge in [0.2, 0.25) is 5.91 Å². The maximum Gasteiger partial charge on any atom is 0.226 e. The summed E-state index contributed by atoms with van der Waals surface area (Å²) in [5.74, 6) is 1.05. The van der Waals surface area contributed by atoms with Gasteiger partial charge in [-0.25, -0.2) is 0 Å². The van der Waals surface area contributed by atoms with Crippen molar-refractivity contribution in [2.24, 2.45) is 27.9 Å². The largest absolute Gasteiger partial charge is 0.352 e. The monoisotopic (exact) mass is 264 g/mol. The van der Waals surface area contributed by atoms with E-state index in [9.17, 15) is 4.79 Å². The maximum absolute atomic E-state index is 12.8. The quantitative estimate of drug-likeness (QED) is 0.822. The normalized spacial score (nSPS) is 49.2. The van der Waals surface area contributed by atoms with Crippen molar-refractivity contribution in [3.05, 3.63) is 0 Å². The number of carbonyl (C=O) groups excluding carboxylic acids is 1. The SMILES string of the molecule is CC(CN)NC(=O)C12CC3CC(C)(CC(C)(C3)C1)C2. The Kier molecular flexibility index (Phi) is 2.80. The molecule has 0 radical (unpaired) electrons. The Morgan fingerprint density at radius 3 is 2.26 bits per heavy atom. The van der Waals surface area contributed by atoms with Crippen molar-refractivity contribution in [3.8, 4) is 0 Å². The molecule has 3 heteroatoms. The van der Waals surface area contributed by atoms with Crippen LogP contribution in [-0.2, 0) is 4.79 Å². The predicted molar refractivity (Wildman–Crippen MR) is 76.5 cm³/mol. The first-order valence-corrected chi connectivity index (χ1v) is 7.79. The molecule has 0 heterocycles. The first kappa shape index (κ1) is 13.4. The highest BCUT2D eigenvalue weighted by Crippen LogP contribution is 2.69. The number of nitrogens with two attached hydrogens (primary N) is 1. The summed E-state index contributed by atoms with van der Waals surface area (Å²) >= 11 is 0. The van der Waals surface area contributed by atoms with Gasteiger partial charge < -0.3 is 11.1 Å². The fourth-order valence-electron chi connectivity index (χ4n) is 6.14. The van der Waals surface area contributed by atoms with Crippen molar-refractivity contribution in [2.45, 2.75) is 65.3 Å². The summed E-state index contributed by atoms with van der Waals surface area (Å²) in [4.78, 5) is 12.8. The second-order valence-corrected chi connectivity index (χ2v) is 8.52. The van der Waals surface area contributed by atoms with Gasteiger partial charge in [0.15, 0.2) is 0 Å². The number of nitrogens with one attached hydrogen (secondary N) is 1. The van der Waals surface area contributed by atoms with Gasteiger partial charge in [-0.3, -0.25) is 4.79 Å². The van der Waals surface area contributed by atoms with Crippen LogP contribution < -0.4 is 11.1 Å². The van der Waals surface area contributed by atoms with E-state index in [0.717, 1.165) is 25.2 Å². The molecule has 3 atom stereocenters. The first-order chi connectivity index (χ1) is 8.78. The number of hydrogen-bond acceptors (Lipinski definition) is 2. The van der Waals surface area contributed by atoms with Crippen LogP contribution in [0.4, 0.5) is 0 Å². The molecule has 3 nitrogen and oxygen atoms in total. The van der Waals surface area contributed by atoms with E-state index in [0.29, 0.717) is 17.4 Å². The van der Waals surface area contributed by atoms with E-state index in [1.165, 1.54) is 19.3 Å². The molecule has 0 spiro atoms. The molecular formula is C16H28N2O. The van der Waals surface area contributed by atoms with Gasteiger partial charge in [0.25, 0.3) is 0 Å². The Morgan fingerprint density at radius 1 is 1.21 bits per heavy atom. The van der Waals surface area contributed by atoms with Crippen LogP contribution in [-0.4, -0.2) is 18.5 Å². The van der Waals surface area contributed by atoms with Crippen molar-refractivity contribution in [2.75, 3.05) is 6.54 Å². The summed E-state index contributed by atoms with van der Waals surface area (Å²) in [5.41, 5.74) is 6.36. The molecule has 0 aliphatic heterocycles. The molecule has 4 bridgehead atoms. The molecule has 0 aromatic carbocycles. The highest BCUT2D eigenvalue weighted by atomic mass is 16.2. The Labute approximate surface area is 116 Å². The van der Waals surface area contributed by atoms with Crippen LogP contribution in [0.3, 0.4) is 0 Å². The van der Waals surface area contributed by atoms with E-state index in [1.54, 1.807) is 0 Å². The van der Waals surface area contributed by atoms with Crippen LogP contribution in [0, 0.1) is 22.2 Å². The molecule has 4 saturated carbocycles. The van der Waals surface area contributed by atoms with E-state index in [1.807, 2.05) is 6.92 Å². The second-order valence-electron chi connectivity index (χ2n) is 8.52. The molecule has 3 unspecified atom stereocenters. The lowest BCUT2D eigenvalue weighted by atomic mass is 9.40. The van der Waals surface area contributed by atoms with Gasteiger partial charge in [0.05, 0.1) is 5.41 Å². The van der Waals surface area contributed by atoms with E-state index in [-0.39, 0.29) is 17.4 Å². The molecule has 4 aliphatic rings. The molecule has 4 aliphatic carbocycles. The zero-order valence-electron chi connectivity index (χ0n) is 12.6. The van der Waals surface area contributed by atoms with Gasteiger partial charge in [0.1, 0.15) is 0 Å². The number of carbonyl (C=O) groups is 1. The van der Waals surface area contributed by atoms with Gasteiger partial charge in [-0.1, -0.05) is 13.8 Å². The molecule has 3 N–H and O–H groups in total. The summed E-state index contributed by atoms with van der Waals surface area (Å²) in [7, 11) is 0. The lowest BCUT2D eigenvalue weighted by Gasteiger charge is -2.64. The van der Waals surface area contributed by atoms with Gasteiger partial charge in [-0.2, -0.15) is 0 Å². The zero-order chi connectivity index (χ0) is 13.9. The predicted octanol–water partition coefficient (Wildman–Crippen LogP) is 2.45. The Hall–Kier alpha value is -0.570. The minimum atomic E-state index is -0.0909. The van der Waals surface area contributed by atoms with Crippen LogP contribution >= 0.6 is 0 Å². The van der Waals surface area contributed by atoms with Crippen molar-refractivity contribution in [3.63, 3.8) is 0 Å². The fraction of sp³-hybridized carbons (Fsp3) is 0.938. The molecule has 4 fully saturated rings. The minimum Gasteiger partial charge on any atom is -0.352 e. The van der Waals surface area contributed by atoms with Crippen LogP contribution in [0.1, 0.15) is 59.3 Å². The van der Waals surface area contributed by atoms with E-state index in [2.05, 4.69) is 19.2 Å². The van der Waals surface area contributed by atoms with Crippen LogP contribution in [0.5, 0.6) is 0 Å². The van der Waals surface area contributed by atoms with Gasteiger partial charge in [0, 0.05) is 12.6 Å². The number of hydrogen-bond donors (Lipinski definition) is 2. The van der Waals surface area contributed by atoms with Crippen LogP contribution in [0.15, 0.2) is 0 Å². The Bertz CT molecular complexity index is 388. The first-order valence-electron chi connectivity index (χ1n) is 7.79. The van der Waals surface area contributed by atoms with Gasteiger partial charge in [-0.15, -0.1) is 0 Å². The van der Waals surface area contributed by atoms with E-state index < -0.39 is 0 Å². The maximum atomic E-state index is 12.8. The van der Waals surface area contributed by atoms with E-state index in [4.69, 9.17) is 5.73 Å². The van der Waals surface area contributed by atoms with Crippen molar-refractivity contribution >= 4 is 5.91 Å². The molecule has 108 valence electrons. The third-order valence-corrected chi connectivity index (χ3v) is 5.84.